The van der Waals surface area contributed by atoms with Crippen LogP contribution in [0.1, 0.15) is 56.1 Å². The summed E-state index contributed by atoms with van der Waals surface area (Å²) in [6.07, 6.45) is 12.1. The molecule has 5 heteroatoms. The van der Waals surface area contributed by atoms with Gasteiger partial charge in [0.2, 0.25) is 5.91 Å². The van der Waals surface area contributed by atoms with Gasteiger partial charge in [-0.2, -0.15) is 5.26 Å². The number of amides is 1. The van der Waals surface area contributed by atoms with Crippen molar-refractivity contribution in [3.63, 3.8) is 0 Å². The summed E-state index contributed by atoms with van der Waals surface area (Å²) in [5.74, 6) is 0.303. The molecular formula is C22H28N4O. The van der Waals surface area contributed by atoms with Crippen LogP contribution in [-0.4, -0.2) is 34.3 Å². The molecule has 1 unspecified atom stereocenters. The molecular weight excluding hydrogens is 336 g/mol. The van der Waals surface area contributed by atoms with Crippen LogP contribution in [0.25, 0.3) is 5.52 Å². The van der Waals surface area contributed by atoms with Gasteiger partial charge < -0.3 is 9.72 Å². The highest BCUT2D eigenvalue weighted by Gasteiger charge is 2.28. The fraction of sp³-hybridized carbons (Fsp3) is 0.545. The topological polar surface area (TPSA) is 60.5 Å². The number of hydrogen-bond acceptors (Lipinski definition) is 3. The number of carbonyl (C=O) groups excluding carboxylic acids is 1. The maximum absolute atomic E-state index is 12.7. The Kier molecular flexibility index (Phi) is 5.45. The minimum absolute atomic E-state index is 0.0724. The molecule has 142 valence electrons. The number of carbonyl (C=O) groups is 1. The Labute approximate surface area is 161 Å². The number of nitriles is 1. The van der Waals surface area contributed by atoms with Gasteiger partial charge >= 0.3 is 0 Å². The summed E-state index contributed by atoms with van der Waals surface area (Å²) in [7, 11) is 0. The lowest BCUT2D eigenvalue weighted by molar-refractivity contribution is -0.127. The second-order valence-electron chi connectivity index (χ2n) is 8.05. The van der Waals surface area contributed by atoms with E-state index in [1.54, 1.807) is 0 Å². The maximum Gasteiger partial charge on any atom is 0.224 e. The van der Waals surface area contributed by atoms with E-state index in [4.69, 9.17) is 0 Å². The summed E-state index contributed by atoms with van der Waals surface area (Å²) >= 11 is 0. The molecule has 0 radical (unpaired) electrons. The highest BCUT2D eigenvalue weighted by atomic mass is 16.2. The average molecular weight is 364 g/mol. The number of piperidine rings is 1. The highest BCUT2D eigenvalue weighted by molar-refractivity contribution is 5.79. The van der Waals surface area contributed by atoms with E-state index in [2.05, 4.69) is 22.5 Å². The molecule has 1 saturated carbocycles. The third-order valence-electron chi connectivity index (χ3n) is 6.10. The minimum atomic E-state index is 0.0724. The lowest BCUT2D eigenvalue weighted by Crippen LogP contribution is -2.46. The van der Waals surface area contributed by atoms with Crippen molar-refractivity contribution in [1.82, 2.24) is 14.6 Å². The molecule has 4 rings (SSSR count). The average Bonchev–Trinajstić information content (AvgIpc) is 3.06. The van der Waals surface area contributed by atoms with E-state index in [0.717, 1.165) is 62.0 Å². The maximum atomic E-state index is 12.7. The third-order valence-corrected chi connectivity index (χ3v) is 6.10. The lowest BCUT2D eigenvalue weighted by atomic mass is 9.93. The van der Waals surface area contributed by atoms with Crippen molar-refractivity contribution in [2.24, 2.45) is 5.92 Å². The van der Waals surface area contributed by atoms with E-state index in [-0.39, 0.29) is 11.8 Å². The summed E-state index contributed by atoms with van der Waals surface area (Å²) < 4.78 is 2.02. The van der Waals surface area contributed by atoms with Crippen molar-refractivity contribution in [3.05, 3.63) is 41.7 Å². The van der Waals surface area contributed by atoms with Crippen molar-refractivity contribution in [3.8, 4) is 6.07 Å². The van der Waals surface area contributed by atoms with Crippen molar-refractivity contribution in [1.29, 1.82) is 5.26 Å². The van der Waals surface area contributed by atoms with Gasteiger partial charge in [0.15, 0.2) is 0 Å². The van der Waals surface area contributed by atoms with E-state index < -0.39 is 0 Å². The first-order valence-electron chi connectivity index (χ1n) is 10.3. The zero-order valence-corrected chi connectivity index (χ0v) is 15.9. The number of nitrogens with one attached hydrogen (secondary N) is 1. The summed E-state index contributed by atoms with van der Waals surface area (Å²) in [4.78, 5) is 15.1. The monoisotopic (exact) mass is 364 g/mol. The zero-order chi connectivity index (χ0) is 18.6. The number of nitrogens with zero attached hydrogens (tertiary/aromatic N) is 3. The van der Waals surface area contributed by atoms with E-state index in [9.17, 15) is 10.1 Å². The quantitative estimate of drug-likeness (QED) is 0.904. The first-order valence-corrected chi connectivity index (χ1v) is 10.3. The Balaban J connectivity index is 1.41. The first-order chi connectivity index (χ1) is 13.2. The van der Waals surface area contributed by atoms with Gasteiger partial charge in [-0.05, 0) is 44.4 Å². The molecule has 0 bridgehead atoms. The zero-order valence-electron chi connectivity index (χ0n) is 15.9. The van der Waals surface area contributed by atoms with Crippen LogP contribution in [0.4, 0.5) is 0 Å². The Morgan fingerprint density at radius 1 is 1.19 bits per heavy atom. The minimum Gasteiger partial charge on any atom is -0.353 e. The molecule has 1 saturated heterocycles. The van der Waals surface area contributed by atoms with Crippen LogP contribution in [0.2, 0.25) is 0 Å². The molecule has 2 aliphatic rings. The van der Waals surface area contributed by atoms with Gasteiger partial charge in [0.1, 0.15) is 6.07 Å². The molecule has 0 spiro atoms. The van der Waals surface area contributed by atoms with Crippen LogP contribution in [-0.2, 0) is 11.3 Å². The van der Waals surface area contributed by atoms with Gasteiger partial charge in [-0.15, -0.1) is 0 Å². The van der Waals surface area contributed by atoms with Crippen LogP contribution in [0.15, 0.2) is 30.6 Å². The molecule has 1 atom stereocenters. The van der Waals surface area contributed by atoms with Crippen LogP contribution in [0, 0.1) is 17.2 Å². The predicted molar refractivity (Wildman–Crippen MR) is 105 cm³/mol. The van der Waals surface area contributed by atoms with E-state index in [1.807, 2.05) is 28.8 Å². The molecule has 2 aromatic heterocycles. The molecule has 0 aromatic carbocycles. The van der Waals surface area contributed by atoms with Gasteiger partial charge in [-0.1, -0.05) is 25.3 Å². The Hall–Kier alpha value is -2.32. The molecule has 5 nitrogen and oxygen atoms in total. The van der Waals surface area contributed by atoms with Gasteiger partial charge in [0.25, 0.3) is 0 Å². The molecule has 1 aliphatic heterocycles. The summed E-state index contributed by atoms with van der Waals surface area (Å²) in [5.41, 5.74) is 2.76. The number of hydrogen-bond donors (Lipinski definition) is 1. The number of fused-ring (bicyclic) bond motifs is 1. The molecule has 1 amide bonds. The molecule has 1 N–H and O–H groups in total. The van der Waals surface area contributed by atoms with Gasteiger partial charge in [0, 0.05) is 37.1 Å². The number of rotatable bonds is 4. The van der Waals surface area contributed by atoms with Gasteiger partial charge in [-0.3, -0.25) is 9.69 Å². The van der Waals surface area contributed by atoms with Crippen LogP contribution >= 0.6 is 0 Å². The number of aromatic nitrogens is 1. The number of likely N-dealkylation sites (tertiary alicyclic amines) is 1. The molecule has 27 heavy (non-hydrogen) atoms. The van der Waals surface area contributed by atoms with E-state index >= 15 is 0 Å². The smallest absolute Gasteiger partial charge is 0.224 e. The second kappa shape index (κ2) is 8.14. The summed E-state index contributed by atoms with van der Waals surface area (Å²) in [6.45, 7) is 2.51. The summed E-state index contributed by atoms with van der Waals surface area (Å²) in [5, 5.41) is 12.9. The van der Waals surface area contributed by atoms with Crippen molar-refractivity contribution in [2.45, 2.75) is 57.5 Å². The van der Waals surface area contributed by atoms with Gasteiger partial charge in [0.05, 0.1) is 17.0 Å². The van der Waals surface area contributed by atoms with E-state index in [0.29, 0.717) is 6.04 Å². The lowest BCUT2D eigenvalue weighted by Gasteiger charge is -2.33. The Bertz CT molecular complexity index is 844. The van der Waals surface area contributed by atoms with Crippen LogP contribution in [0.5, 0.6) is 0 Å². The van der Waals surface area contributed by atoms with Crippen molar-refractivity contribution >= 4 is 11.4 Å². The van der Waals surface area contributed by atoms with Crippen LogP contribution < -0.4 is 5.32 Å². The normalized spacial score (nSPS) is 21.8. The SMILES string of the molecule is N#Cc1c(CN2CCCC(C(=O)NC3CCCCC3)C2)cn2ccccc12. The largest absolute Gasteiger partial charge is 0.353 e. The van der Waals surface area contributed by atoms with Crippen molar-refractivity contribution < 1.29 is 4.79 Å². The highest BCUT2D eigenvalue weighted by Crippen LogP contribution is 2.24. The Morgan fingerprint density at radius 2 is 2.04 bits per heavy atom. The summed E-state index contributed by atoms with van der Waals surface area (Å²) in [6, 6.07) is 8.67. The number of pyridine rings is 1. The molecule has 2 aromatic rings. The molecule has 2 fully saturated rings. The predicted octanol–water partition coefficient (Wildman–Crippen LogP) is 3.47. The fourth-order valence-electron chi connectivity index (χ4n) is 4.65. The molecule has 1 aliphatic carbocycles. The molecule has 3 heterocycles. The fourth-order valence-corrected chi connectivity index (χ4v) is 4.65. The van der Waals surface area contributed by atoms with Gasteiger partial charge in [-0.25, -0.2) is 0 Å². The van der Waals surface area contributed by atoms with Crippen LogP contribution in [0.3, 0.4) is 0 Å². The third kappa shape index (κ3) is 4.01. The standard InChI is InChI=1S/C22H28N4O/c23-13-20-18(16-26-12-5-4-10-21(20)26)15-25-11-6-7-17(14-25)22(27)24-19-8-2-1-3-9-19/h4-5,10,12,16-17,19H,1-3,6-9,11,14-15H2,(H,24,27). The van der Waals surface area contributed by atoms with E-state index in [1.165, 1.54) is 19.3 Å². The first kappa shape index (κ1) is 18.1. The van der Waals surface area contributed by atoms with Crippen molar-refractivity contribution in [2.75, 3.05) is 13.1 Å². The Morgan fingerprint density at radius 3 is 2.85 bits per heavy atom. The second-order valence-corrected chi connectivity index (χ2v) is 8.05.